The first-order valence-corrected chi connectivity index (χ1v) is 5.13. The van der Waals surface area contributed by atoms with Gasteiger partial charge in [-0.3, -0.25) is 0 Å². The van der Waals surface area contributed by atoms with Gasteiger partial charge < -0.3 is 19.7 Å². The maximum absolute atomic E-state index is 10.7. The van der Waals surface area contributed by atoms with E-state index in [1.807, 2.05) is 0 Å². The molecule has 1 aromatic carbocycles. The summed E-state index contributed by atoms with van der Waals surface area (Å²) in [7, 11) is 2.90. The molecule has 0 fully saturated rings. The van der Waals surface area contributed by atoms with Crippen LogP contribution in [0.15, 0.2) is 16.6 Å². The van der Waals surface area contributed by atoms with Crippen molar-refractivity contribution < 1.29 is 24.5 Å². The van der Waals surface area contributed by atoms with Gasteiger partial charge in [0, 0.05) is 5.56 Å². The van der Waals surface area contributed by atoms with Gasteiger partial charge in [-0.2, -0.15) is 0 Å². The molecular weight excluding hydrogens is 280 g/mol. The summed E-state index contributed by atoms with van der Waals surface area (Å²) in [4.78, 5) is 10.7. The minimum Gasteiger partial charge on any atom is -0.493 e. The molecule has 1 aromatic rings. The molecule has 5 nitrogen and oxygen atoms in total. The number of aliphatic hydroxyl groups excluding tert-OH is 1. The van der Waals surface area contributed by atoms with Gasteiger partial charge in [-0.25, -0.2) is 4.79 Å². The second-order valence-electron chi connectivity index (χ2n) is 2.95. The van der Waals surface area contributed by atoms with Gasteiger partial charge in [-0.15, -0.1) is 0 Å². The third kappa shape index (κ3) is 2.28. The third-order valence-corrected chi connectivity index (χ3v) is 2.86. The Morgan fingerprint density at radius 3 is 2.44 bits per heavy atom. The second-order valence-corrected chi connectivity index (χ2v) is 3.74. The lowest BCUT2D eigenvalue weighted by Gasteiger charge is -2.14. The number of aliphatic hydroxyl groups is 1. The SMILES string of the molecule is COc1ccc(C(O)C(=O)O)c(Br)c1OC. The predicted molar refractivity (Wildman–Crippen MR) is 59.8 cm³/mol. The summed E-state index contributed by atoms with van der Waals surface area (Å²) >= 11 is 3.17. The largest absolute Gasteiger partial charge is 0.493 e. The number of hydrogen-bond donors (Lipinski definition) is 2. The van der Waals surface area contributed by atoms with E-state index in [1.165, 1.54) is 26.4 Å². The molecule has 6 heteroatoms. The molecule has 0 radical (unpaired) electrons. The van der Waals surface area contributed by atoms with Crippen molar-refractivity contribution in [2.45, 2.75) is 6.10 Å². The third-order valence-electron chi connectivity index (χ3n) is 2.04. The van der Waals surface area contributed by atoms with Crippen LogP contribution in [0.4, 0.5) is 0 Å². The second kappa shape index (κ2) is 5.18. The summed E-state index contributed by atoms with van der Waals surface area (Å²) in [5, 5.41) is 18.1. The average molecular weight is 291 g/mol. The zero-order valence-corrected chi connectivity index (χ0v) is 10.3. The van der Waals surface area contributed by atoms with Crippen LogP contribution in [0, 0.1) is 0 Å². The van der Waals surface area contributed by atoms with Crippen molar-refractivity contribution in [3.05, 3.63) is 22.2 Å². The lowest BCUT2D eigenvalue weighted by Crippen LogP contribution is -2.11. The number of rotatable bonds is 4. The molecule has 1 rings (SSSR count). The maximum Gasteiger partial charge on any atom is 0.337 e. The lowest BCUT2D eigenvalue weighted by atomic mass is 10.1. The molecule has 0 heterocycles. The fraction of sp³-hybridized carbons (Fsp3) is 0.300. The quantitative estimate of drug-likeness (QED) is 0.881. The highest BCUT2D eigenvalue weighted by molar-refractivity contribution is 9.10. The highest BCUT2D eigenvalue weighted by atomic mass is 79.9. The fourth-order valence-corrected chi connectivity index (χ4v) is 1.95. The number of ether oxygens (including phenoxy) is 2. The van der Waals surface area contributed by atoms with Crippen molar-refractivity contribution >= 4 is 21.9 Å². The first-order chi connectivity index (χ1) is 7.52. The summed E-state index contributed by atoms with van der Waals surface area (Å²) in [5.41, 5.74) is 0.213. The Bertz CT molecular complexity index is 404. The van der Waals surface area contributed by atoms with Crippen LogP contribution in [0.2, 0.25) is 0 Å². The maximum atomic E-state index is 10.7. The van der Waals surface area contributed by atoms with Crippen LogP contribution in [-0.4, -0.2) is 30.4 Å². The van der Waals surface area contributed by atoms with E-state index in [9.17, 15) is 9.90 Å². The molecular formula is C10H11BrO5. The highest BCUT2D eigenvalue weighted by Gasteiger charge is 2.22. The summed E-state index contributed by atoms with van der Waals surface area (Å²) in [6, 6.07) is 3.00. The van der Waals surface area contributed by atoms with E-state index >= 15 is 0 Å². The number of halogens is 1. The molecule has 0 aromatic heterocycles. The van der Waals surface area contributed by atoms with Crippen molar-refractivity contribution in [3.8, 4) is 11.5 Å². The molecule has 1 unspecified atom stereocenters. The number of benzene rings is 1. The Morgan fingerprint density at radius 1 is 1.38 bits per heavy atom. The molecule has 0 spiro atoms. The van der Waals surface area contributed by atoms with Crippen molar-refractivity contribution in [1.29, 1.82) is 0 Å². The number of carboxylic acids is 1. The number of hydrogen-bond acceptors (Lipinski definition) is 4. The fourth-order valence-electron chi connectivity index (χ4n) is 1.25. The number of carboxylic acid groups (broad SMARTS) is 1. The molecule has 88 valence electrons. The smallest absolute Gasteiger partial charge is 0.337 e. The van der Waals surface area contributed by atoms with Gasteiger partial charge in [0.05, 0.1) is 18.7 Å². The summed E-state index contributed by atoms with van der Waals surface area (Å²) in [6.45, 7) is 0. The van der Waals surface area contributed by atoms with Crippen LogP contribution in [0.1, 0.15) is 11.7 Å². The van der Waals surface area contributed by atoms with Crippen molar-refractivity contribution in [2.75, 3.05) is 14.2 Å². The first kappa shape index (κ1) is 12.8. The Morgan fingerprint density at radius 2 is 2.00 bits per heavy atom. The zero-order chi connectivity index (χ0) is 12.3. The van der Waals surface area contributed by atoms with E-state index in [1.54, 1.807) is 0 Å². The molecule has 0 aliphatic rings. The van der Waals surface area contributed by atoms with Crippen molar-refractivity contribution in [3.63, 3.8) is 0 Å². The molecule has 0 amide bonds. The van der Waals surface area contributed by atoms with Crippen molar-refractivity contribution in [2.24, 2.45) is 0 Å². The zero-order valence-electron chi connectivity index (χ0n) is 8.73. The van der Waals surface area contributed by atoms with Crippen molar-refractivity contribution in [1.82, 2.24) is 0 Å². The Balaban J connectivity index is 3.29. The minimum absolute atomic E-state index is 0.213. The van der Waals surface area contributed by atoms with E-state index in [-0.39, 0.29) is 5.56 Å². The van der Waals surface area contributed by atoms with Gasteiger partial charge in [0.1, 0.15) is 0 Å². The van der Waals surface area contributed by atoms with E-state index in [0.29, 0.717) is 16.0 Å². The van der Waals surface area contributed by atoms with Gasteiger partial charge in [0.15, 0.2) is 17.6 Å². The van der Waals surface area contributed by atoms with E-state index in [4.69, 9.17) is 14.6 Å². The minimum atomic E-state index is -1.60. The standard InChI is InChI=1S/C10H11BrO5/c1-15-6-4-3-5(8(12)10(13)14)7(11)9(6)16-2/h3-4,8,12H,1-2H3,(H,13,14). The van der Waals surface area contributed by atoms with Gasteiger partial charge in [-0.05, 0) is 22.0 Å². The molecule has 0 bridgehead atoms. The highest BCUT2D eigenvalue weighted by Crippen LogP contribution is 2.39. The van der Waals surface area contributed by atoms with Gasteiger partial charge in [0.2, 0.25) is 0 Å². The van der Waals surface area contributed by atoms with E-state index in [0.717, 1.165) is 0 Å². The predicted octanol–water partition coefficient (Wildman–Crippen LogP) is 1.58. The Labute approximate surface area is 101 Å². The molecule has 1 atom stereocenters. The topological polar surface area (TPSA) is 76.0 Å². The first-order valence-electron chi connectivity index (χ1n) is 4.34. The molecule has 0 aliphatic heterocycles. The van der Waals surface area contributed by atoms with Gasteiger partial charge in [0.25, 0.3) is 0 Å². The number of carbonyl (C=O) groups is 1. The van der Waals surface area contributed by atoms with Gasteiger partial charge in [-0.1, -0.05) is 6.07 Å². The molecule has 0 aliphatic carbocycles. The Hall–Kier alpha value is -1.27. The molecule has 0 saturated carbocycles. The van der Waals surface area contributed by atoms with Crippen LogP contribution in [0.25, 0.3) is 0 Å². The van der Waals surface area contributed by atoms with E-state index in [2.05, 4.69) is 15.9 Å². The van der Waals surface area contributed by atoms with Crippen LogP contribution < -0.4 is 9.47 Å². The lowest BCUT2D eigenvalue weighted by molar-refractivity contribution is -0.147. The molecule has 2 N–H and O–H groups in total. The summed E-state index contributed by atoms with van der Waals surface area (Å²) < 4.78 is 10.5. The molecule has 16 heavy (non-hydrogen) atoms. The van der Waals surface area contributed by atoms with Crippen LogP contribution in [0.5, 0.6) is 11.5 Å². The Kier molecular flexibility index (Phi) is 4.14. The average Bonchev–Trinajstić information content (AvgIpc) is 2.27. The molecule has 0 saturated heterocycles. The summed E-state index contributed by atoms with van der Waals surface area (Å²) in [5.74, 6) is -0.524. The number of methoxy groups -OCH3 is 2. The monoisotopic (exact) mass is 290 g/mol. The normalized spacial score (nSPS) is 12.0. The van der Waals surface area contributed by atoms with Crippen LogP contribution in [-0.2, 0) is 4.79 Å². The van der Waals surface area contributed by atoms with Crippen LogP contribution >= 0.6 is 15.9 Å². The van der Waals surface area contributed by atoms with Crippen LogP contribution in [0.3, 0.4) is 0 Å². The summed E-state index contributed by atoms with van der Waals surface area (Å²) in [6.07, 6.45) is -1.60. The number of aliphatic carboxylic acids is 1. The van der Waals surface area contributed by atoms with Gasteiger partial charge >= 0.3 is 5.97 Å². The van der Waals surface area contributed by atoms with E-state index < -0.39 is 12.1 Å².